The van der Waals surface area contributed by atoms with Gasteiger partial charge in [0.15, 0.2) is 5.82 Å². The first kappa shape index (κ1) is 27.5. The second-order valence-corrected chi connectivity index (χ2v) is 11.7. The number of aromatic nitrogens is 4. The maximum atomic E-state index is 13.3. The number of hydrogen-bond acceptors (Lipinski definition) is 8. The largest absolute Gasteiger partial charge is 0.366 e. The summed E-state index contributed by atoms with van der Waals surface area (Å²) >= 11 is 0. The van der Waals surface area contributed by atoms with Crippen molar-refractivity contribution < 1.29 is 14.4 Å². The number of fused-ring (bicyclic) bond motifs is 3. The molecule has 1 saturated carbocycles. The Morgan fingerprint density at radius 3 is 2.21 bits per heavy atom. The van der Waals surface area contributed by atoms with E-state index >= 15 is 0 Å². The predicted octanol–water partition coefficient (Wildman–Crippen LogP) is 0.722. The maximum absolute atomic E-state index is 13.3. The van der Waals surface area contributed by atoms with Crippen LogP contribution >= 0.6 is 0 Å². The van der Waals surface area contributed by atoms with Crippen molar-refractivity contribution in [1.29, 1.82) is 5.26 Å². The number of primary amides is 2. The van der Waals surface area contributed by atoms with Gasteiger partial charge < -0.3 is 21.7 Å². The fraction of sp³-hybridized carbons (Fsp3) is 0.433. The molecular weight excluding hydrogens is 534 g/mol. The summed E-state index contributed by atoms with van der Waals surface area (Å²) in [5.74, 6) is -0.101. The number of aryl methyl sites for hydroxylation is 3. The van der Waals surface area contributed by atoms with Gasteiger partial charge in [0.1, 0.15) is 6.04 Å². The van der Waals surface area contributed by atoms with Gasteiger partial charge in [0, 0.05) is 30.3 Å². The first-order valence-electron chi connectivity index (χ1n) is 14.2. The lowest BCUT2D eigenvalue weighted by molar-refractivity contribution is -0.131. The molecule has 2 fully saturated rings. The lowest BCUT2D eigenvalue weighted by Crippen LogP contribution is -2.46. The van der Waals surface area contributed by atoms with Gasteiger partial charge in [-0.1, -0.05) is 12.1 Å². The van der Waals surface area contributed by atoms with Gasteiger partial charge in [-0.2, -0.15) is 5.26 Å². The normalized spacial score (nSPS) is 22.2. The number of nitrogens with two attached hydrogens (primary N) is 2. The first-order valence-corrected chi connectivity index (χ1v) is 14.2. The third kappa shape index (κ3) is 4.50. The molecule has 0 unspecified atom stereocenters. The minimum atomic E-state index is -0.911. The van der Waals surface area contributed by atoms with Gasteiger partial charge in [0.25, 0.3) is 0 Å². The van der Waals surface area contributed by atoms with Crippen molar-refractivity contribution in [3.05, 3.63) is 75.6 Å². The number of nitriles is 1. The highest BCUT2D eigenvalue weighted by Gasteiger charge is 2.54. The van der Waals surface area contributed by atoms with Crippen LogP contribution in [-0.2, 0) is 30.1 Å². The molecule has 1 aromatic heterocycles. The number of nitrogens with one attached hydrogen (secondary N) is 1. The Morgan fingerprint density at radius 1 is 1.07 bits per heavy atom. The molecule has 4 atom stereocenters. The van der Waals surface area contributed by atoms with Gasteiger partial charge in [0.05, 0.1) is 18.0 Å². The molecule has 2 aromatic carbocycles. The van der Waals surface area contributed by atoms with E-state index in [4.69, 9.17) is 11.5 Å². The molecule has 3 amide bonds. The fourth-order valence-electron chi connectivity index (χ4n) is 7.11. The lowest BCUT2D eigenvalue weighted by Gasteiger charge is -2.37. The van der Waals surface area contributed by atoms with Gasteiger partial charge in [0.2, 0.25) is 17.7 Å². The summed E-state index contributed by atoms with van der Waals surface area (Å²) in [7, 11) is 1.78. The van der Waals surface area contributed by atoms with E-state index in [0.29, 0.717) is 42.1 Å². The van der Waals surface area contributed by atoms with Gasteiger partial charge in [-0.3, -0.25) is 14.4 Å². The molecular formula is C30H33N9O3. The zero-order valence-corrected chi connectivity index (χ0v) is 23.6. The highest BCUT2D eigenvalue weighted by molar-refractivity contribution is 5.94. The van der Waals surface area contributed by atoms with Crippen molar-refractivity contribution in [2.45, 2.75) is 62.6 Å². The molecule has 3 aliphatic rings. The van der Waals surface area contributed by atoms with Crippen molar-refractivity contribution in [3.63, 3.8) is 0 Å². The molecule has 5 N–H and O–H groups in total. The summed E-state index contributed by atoms with van der Waals surface area (Å²) in [6.45, 7) is 2.10. The molecule has 42 heavy (non-hydrogen) atoms. The standard InChI is InChI=1S/C30H33N9O3/c1-16(34-15-26(40)39-22(14-31)11-21-12-25(21)39)13-30(29-35-36-37-38(29)2)23-7-5-19(27(32)41)9-17(23)3-4-18-10-20(28(33)42)6-8-24(18)30/h5-10,16,21-22,25,34H,3-4,11-13,15H2,1-2H3,(H2,32,41)(H2,33,42)/t16-,21+,22-,25-/m0/s1. The van der Waals surface area contributed by atoms with Gasteiger partial charge in [-0.25, -0.2) is 4.68 Å². The van der Waals surface area contributed by atoms with E-state index < -0.39 is 17.2 Å². The van der Waals surface area contributed by atoms with Gasteiger partial charge in [-0.15, -0.1) is 5.10 Å². The fourth-order valence-corrected chi connectivity index (χ4v) is 7.11. The third-order valence-electron chi connectivity index (χ3n) is 9.12. The average Bonchev–Trinajstić information content (AvgIpc) is 3.47. The molecule has 0 spiro atoms. The summed E-state index contributed by atoms with van der Waals surface area (Å²) in [5.41, 5.74) is 14.9. The number of rotatable bonds is 8. The molecule has 1 aliphatic heterocycles. The van der Waals surface area contributed by atoms with Gasteiger partial charge in [-0.05, 0) is 102 Å². The molecule has 2 heterocycles. The highest BCUT2D eigenvalue weighted by atomic mass is 16.2. The van der Waals surface area contributed by atoms with Crippen molar-refractivity contribution in [2.75, 3.05) is 6.54 Å². The van der Waals surface area contributed by atoms with Crippen molar-refractivity contribution >= 4 is 17.7 Å². The SMILES string of the molecule is C[C@@H](CC1(c2nnnn2C)c2ccc(C(N)=O)cc2CCc2cc(C(N)=O)ccc21)NCC(=O)N1[C@H](C#N)C[C@@H]2C[C@@H]21. The van der Waals surface area contributed by atoms with Crippen molar-refractivity contribution in [3.8, 4) is 6.07 Å². The summed E-state index contributed by atoms with van der Waals surface area (Å²) in [5, 5.41) is 25.6. The summed E-state index contributed by atoms with van der Waals surface area (Å²) < 4.78 is 1.63. The second kappa shape index (κ2) is 10.3. The van der Waals surface area contributed by atoms with Crippen LogP contribution in [0.4, 0.5) is 0 Å². The van der Waals surface area contributed by atoms with Crippen LogP contribution in [0.2, 0.25) is 0 Å². The molecule has 12 nitrogen and oxygen atoms in total. The monoisotopic (exact) mass is 567 g/mol. The Labute approximate surface area is 243 Å². The van der Waals surface area contributed by atoms with Crippen LogP contribution < -0.4 is 16.8 Å². The molecule has 3 aromatic rings. The Bertz CT molecular complexity index is 1580. The van der Waals surface area contributed by atoms with E-state index in [1.807, 2.05) is 31.2 Å². The van der Waals surface area contributed by atoms with Crippen LogP contribution in [0.3, 0.4) is 0 Å². The Kier molecular flexibility index (Phi) is 6.77. The van der Waals surface area contributed by atoms with E-state index in [2.05, 4.69) is 26.9 Å². The van der Waals surface area contributed by atoms with Crippen LogP contribution in [0.5, 0.6) is 0 Å². The molecule has 0 radical (unpaired) electrons. The van der Waals surface area contributed by atoms with E-state index in [9.17, 15) is 19.6 Å². The number of nitrogens with zero attached hydrogens (tertiary/aromatic N) is 6. The molecule has 216 valence electrons. The number of benzene rings is 2. The van der Waals surface area contributed by atoms with E-state index in [1.54, 1.807) is 28.8 Å². The second-order valence-electron chi connectivity index (χ2n) is 11.7. The molecule has 6 rings (SSSR count). The minimum Gasteiger partial charge on any atom is -0.366 e. The maximum Gasteiger partial charge on any atom is 0.248 e. The Hall–Kier alpha value is -4.63. The van der Waals surface area contributed by atoms with E-state index in [0.717, 1.165) is 35.1 Å². The van der Waals surface area contributed by atoms with Gasteiger partial charge >= 0.3 is 0 Å². The lowest BCUT2D eigenvalue weighted by atomic mass is 9.67. The molecule has 0 bridgehead atoms. The van der Waals surface area contributed by atoms with Crippen LogP contribution in [0, 0.1) is 17.2 Å². The summed E-state index contributed by atoms with van der Waals surface area (Å²) in [6.07, 6.45) is 3.35. The van der Waals surface area contributed by atoms with Crippen molar-refractivity contribution in [2.24, 2.45) is 24.4 Å². The molecule has 2 aliphatic carbocycles. The smallest absolute Gasteiger partial charge is 0.248 e. The molecule has 12 heteroatoms. The quantitative estimate of drug-likeness (QED) is 0.355. The van der Waals surface area contributed by atoms with E-state index in [1.165, 1.54) is 0 Å². The number of piperidine rings is 1. The van der Waals surface area contributed by atoms with Crippen LogP contribution in [0.1, 0.15) is 75.0 Å². The molecule has 1 saturated heterocycles. The number of carbonyl (C=O) groups is 3. The van der Waals surface area contributed by atoms with Crippen LogP contribution in [-0.4, -0.2) is 67.5 Å². The van der Waals surface area contributed by atoms with Crippen LogP contribution in [0.25, 0.3) is 0 Å². The first-order chi connectivity index (χ1) is 20.1. The van der Waals surface area contributed by atoms with Crippen LogP contribution in [0.15, 0.2) is 36.4 Å². The van der Waals surface area contributed by atoms with Crippen molar-refractivity contribution in [1.82, 2.24) is 30.4 Å². The topological polar surface area (TPSA) is 186 Å². The Morgan fingerprint density at radius 2 is 1.69 bits per heavy atom. The van der Waals surface area contributed by atoms with E-state index in [-0.39, 0.29) is 30.6 Å². The average molecular weight is 568 g/mol. The number of amides is 3. The summed E-state index contributed by atoms with van der Waals surface area (Å²) in [6, 6.07) is 12.8. The number of likely N-dealkylation sites (tertiary alicyclic amines) is 1. The third-order valence-corrected chi connectivity index (χ3v) is 9.12. The number of tetrazole rings is 1. The highest BCUT2D eigenvalue weighted by Crippen LogP contribution is 2.48. The predicted molar refractivity (Wildman–Crippen MR) is 151 cm³/mol. The number of hydrogen-bond donors (Lipinski definition) is 3. The minimum absolute atomic E-state index is 0.0772. The zero-order chi connectivity index (χ0) is 29.8. The Balaban J connectivity index is 1.43. The zero-order valence-electron chi connectivity index (χ0n) is 23.6. The summed E-state index contributed by atoms with van der Waals surface area (Å²) in [4.78, 5) is 39.3. The number of carbonyl (C=O) groups excluding carboxylic acids is 3.